The molecule has 7 rings (SSSR count). The molecule has 2 aliphatic heterocycles. The van der Waals surface area contributed by atoms with E-state index in [1.165, 1.54) is 5.56 Å². The summed E-state index contributed by atoms with van der Waals surface area (Å²) in [6.07, 6.45) is 5.30. The van der Waals surface area contributed by atoms with Crippen LogP contribution in [0.25, 0.3) is 0 Å². The van der Waals surface area contributed by atoms with Crippen molar-refractivity contribution in [2.45, 2.75) is 44.2 Å². The molecule has 0 N–H and O–H groups in total. The molecular weight excluding hydrogens is 608 g/mol. The summed E-state index contributed by atoms with van der Waals surface area (Å²) in [5, 5.41) is 0. The molecule has 8 heteroatoms. The molecule has 4 fully saturated rings. The molecule has 2 amide bonds. The first-order chi connectivity index (χ1) is 23.9. The summed E-state index contributed by atoms with van der Waals surface area (Å²) in [7, 11) is 6.53. The largest absolute Gasteiger partial charge is 0.311 e. The number of carbonyl (C=O) groups excluding carboxylic acids is 2. The Morgan fingerprint density at radius 1 is 0.592 bits per heavy atom. The van der Waals surface area contributed by atoms with E-state index in [9.17, 15) is 9.59 Å². The lowest BCUT2D eigenvalue weighted by Crippen LogP contribution is -2.56. The van der Waals surface area contributed by atoms with Crippen molar-refractivity contribution in [1.29, 1.82) is 0 Å². The number of piperazine rings is 2. The van der Waals surface area contributed by atoms with E-state index in [-0.39, 0.29) is 11.8 Å². The molecular formula is C41H56N6O2. The standard InChI is InChI=1S/C24H31N3O.C17H25N3O/c1-25-16-17-26(15-14-20-8-4-2-5-9-20)18-23(25)19-27(24(28)21-12-13-21)22-10-6-3-7-11-22;1-18-10-11-19(2)16(12-18)13-20(17(21)14-8-9-14)15-6-4-3-5-7-15/h2-11,21,23H,12-19H2,1H3;3-7,14,16H,8-13H2,1-2H3. The topological polar surface area (TPSA) is 53.6 Å². The van der Waals surface area contributed by atoms with Crippen molar-refractivity contribution in [1.82, 2.24) is 19.6 Å². The molecule has 8 nitrogen and oxygen atoms in total. The minimum absolute atomic E-state index is 0.239. The van der Waals surface area contributed by atoms with Gasteiger partial charge in [0.15, 0.2) is 0 Å². The highest BCUT2D eigenvalue weighted by Crippen LogP contribution is 2.34. The first kappa shape index (κ1) is 35.3. The smallest absolute Gasteiger partial charge is 0.230 e. The molecule has 0 bridgehead atoms. The highest BCUT2D eigenvalue weighted by Gasteiger charge is 2.37. The summed E-state index contributed by atoms with van der Waals surface area (Å²) in [5.74, 6) is 1.11. The van der Waals surface area contributed by atoms with Gasteiger partial charge in [0, 0.05) is 94.2 Å². The summed E-state index contributed by atoms with van der Waals surface area (Å²) >= 11 is 0. The monoisotopic (exact) mass is 664 g/mol. The molecule has 2 atom stereocenters. The Morgan fingerprint density at radius 2 is 1.04 bits per heavy atom. The van der Waals surface area contributed by atoms with Crippen LogP contribution in [0.3, 0.4) is 0 Å². The zero-order valence-electron chi connectivity index (χ0n) is 29.9. The van der Waals surface area contributed by atoms with Gasteiger partial charge in [-0.1, -0.05) is 66.7 Å². The lowest BCUT2D eigenvalue weighted by molar-refractivity contribution is -0.120. The van der Waals surface area contributed by atoms with Crippen LogP contribution in [0.15, 0.2) is 91.0 Å². The maximum Gasteiger partial charge on any atom is 0.230 e. The number of nitrogens with zero attached hydrogens (tertiary/aromatic N) is 6. The minimum atomic E-state index is 0.239. The lowest BCUT2D eigenvalue weighted by Gasteiger charge is -2.41. The Kier molecular flexibility index (Phi) is 12.2. The highest BCUT2D eigenvalue weighted by atomic mass is 16.2. The number of hydrogen-bond donors (Lipinski definition) is 0. The van der Waals surface area contributed by atoms with E-state index in [0.29, 0.717) is 23.9 Å². The highest BCUT2D eigenvalue weighted by molar-refractivity contribution is 5.97. The third-order valence-electron chi connectivity index (χ3n) is 10.7. The second kappa shape index (κ2) is 16.9. The van der Waals surface area contributed by atoms with Gasteiger partial charge in [-0.15, -0.1) is 0 Å². The van der Waals surface area contributed by atoms with Gasteiger partial charge >= 0.3 is 0 Å². The Morgan fingerprint density at radius 3 is 1.53 bits per heavy atom. The van der Waals surface area contributed by atoms with E-state index in [2.05, 4.69) is 83.2 Å². The number of anilines is 2. The molecule has 2 aliphatic carbocycles. The van der Waals surface area contributed by atoms with Crippen molar-refractivity contribution in [3.05, 3.63) is 96.6 Å². The molecule has 49 heavy (non-hydrogen) atoms. The molecule has 2 unspecified atom stereocenters. The summed E-state index contributed by atoms with van der Waals surface area (Å²) in [6, 6.07) is 31.8. The molecule has 2 heterocycles. The average Bonchev–Trinajstić information content (AvgIpc) is 4.06. The number of para-hydroxylation sites is 2. The van der Waals surface area contributed by atoms with Gasteiger partial charge < -0.3 is 19.6 Å². The van der Waals surface area contributed by atoms with Crippen LogP contribution in [0.4, 0.5) is 11.4 Å². The molecule has 3 aromatic carbocycles. The SMILES string of the molecule is CN1CCN(C)C(CN(C(=O)C2CC2)c2ccccc2)C1.CN1CCN(CCc2ccccc2)CC1CN(C(=O)C1CC1)c1ccccc1. The first-order valence-electron chi connectivity index (χ1n) is 18.4. The Hall–Kier alpha value is -3.56. The molecule has 0 spiro atoms. The third-order valence-corrected chi connectivity index (χ3v) is 10.7. The fourth-order valence-electron chi connectivity index (χ4n) is 7.03. The van der Waals surface area contributed by atoms with Gasteiger partial charge in [0.05, 0.1) is 0 Å². The minimum Gasteiger partial charge on any atom is -0.311 e. The van der Waals surface area contributed by atoms with Crippen LogP contribution in [0.1, 0.15) is 31.2 Å². The summed E-state index contributed by atoms with van der Waals surface area (Å²) in [4.78, 5) is 39.4. The van der Waals surface area contributed by atoms with Crippen LogP contribution in [-0.2, 0) is 16.0 Å². The van der Waals surface area contributed by atoms with Crippen molar-refractivity contribution in [3.8, 4) is 0 Å². The Bertz CT molecular complexity index is 1470. The van der Waals surface area contributed by atoms with E-state index in [1.807, 2.05) is 58.3 Å². The molecule has 0 aromatic heterocycles. The molecule has 3 aromatic rings. The van der Waals surface area contributed by atoms with Crippen LogP contribution in [0.2, 0.25) is 0 Å². The Labute approximate surface area is 294 Å². The number of rotatable bonds is 11. The normalized spacial score (nSPS) is 22.2. The fraction of sp³-hybridized carbons (Fsp3) is 0.512. The van der Waals surface area contributed by atoms with Crippen molar-refractivity contribution in [2.24, 2.45) is 11.8 Å². The van der Waals surface area contributed by atoms with Crippen molar-refractivity contribution in [2.75, 3.05) is 89.8 Å². The lowest BCUT2D eigenvalue weighted by atomic mass is 10.1. The molecule has 0 radical (unpaired) electrons. The maximum absolute atomic E-state index is 13.0. The second-order valence-electron chi connectivity index (χ2n) is 14.7. The number of amides is 2. The van der Waals surface area contributed by atoms with Gasteiger partial charge in [-0.2, -0.15) is 0 Å². The van der Waals surface area contributed by atoms with Crippen LogP contribution < -0.4 is 9.80 Å². The van der Waals surface area contributed by atoms with Crippen molar-refractivity contribution < 1.29 is 9.59 Å². The van der Waals surface area contributed by atoms with E-state index in [0.717, 1.165) is 102 Å². The van der Waals surface area contributed by atoms with E-state index < -0.39 is 0 Å². The third kappa shape index (κ3) is 10.0. The van der Waals surface area contributed by atoms with Crippen LogP contribution >= 0.6 is 0 Å². The van der Waals surface area contributed by atoms with Crippen LogP contribution in [-0.4, -0.2) is 124 Å². The van der Waals surface area contributed by atoms with E-state index >= 15 is 0 Å². The van der Waals surface area contributed by atoms with Gasteiger partial charge in [0.2, 0.25) is 11.8 Å². The van der Waals surface area contributed by atoms with Crippen LogP contribution in [0, 0.1) is 11.8 Å². The number of benzene rings is 3. The van der Waals surface area contributed by atoms with E-state index in [1.54, 1.807) is 0 Å². The molecule has 4 aliphatic rings. The summed E-state index contributed by atoms with van der Waals surface area (Å²) in [6.45, 7) is 9.02. The second-order valence-corrected chi connectivity index (χ2v) is 14.7. The zero-order chi connectivity index (χ0) is 34.2. The predicted octanol–water partition coefficient (Wildman–Crippen LogP) is 4.96. The molecule has 262 valence electrons. The summed E-state index contributed by atoms with van der Waals surface area (Å²) < 4.78 is 0. The Balaban J connectivity index is 0.000000177. The number of hydrogen-bond acceptors (Lipinski definition) is 6. The van der Waals surface area contributed by atoms with E-state index in [4.69, 9.17) is 0 Å². The van der Waals surface area contributed by atoms with Crippen molar-refractivity contribution >= 4 is 23.2 Å². The van der Waals surface area contributed by atoms with Gasteiger partial charge in [0.1, 0.15) is 0 Å². The number of likely N-dealkylation sites (N-methyl/N-ethyl adjacent to an activating group) is 3. The molecule has 2 saturated heterocycles. The maximum atomic E-state index is 13.0. The van der Waals surface area contributed by atoms with Gasteiger partial charge in [0.25, 0.3) is 0 Å². The zero-order valence-corrected chi connectivity index (χ0v) is 29.9. The first-order valence-corrected chi connectivity index (χ1v) is 18.4. The average molecular weight is 665 g/mol. The quantitative estimate of drug-likeness (QED) is 0.289. The molecule has 2 saturated carbocycles. The van der Waals surface area contributed by atoms with Crippen molar-refractivity contribution in [3.63, 3.8) is 0 Å². The predicted molar refractivity (Wildman–Crippen MR) is 200 cm³/mol. The fourth-order valence-corrected chi connectivity index (χ4v) is 7.03. The summed E-state index contributed by atoms with van der Waals surface area (Å²) in [5.41, 5.74) is 3.47. The van der Waals surface area contributed by atoms with Gasteiger partial charge in [-0.3, -0.25) is 19.4 Å². The van der Waals surface area contributed by atoms with Gasteiger partial charge in [-0.05, 0) is 83.1 Å². The number of carbonyl (C=O) groups is 2. The van der Waals surface area contributed by atoms with Crippen LogP contribution in [0.5, 0.6) is 0 Å². The van der Waals surface area contributed by atoms with Gasteiger partial charge in [-0.25, -0.2) is 0 Å².